The lowest BCUT2D eigenvalue weighted by Gasteiger charge is -2.51. The third kappa shape index (κ3) is 4.14. The minimum atomic E-state index is -6.22. The van der Waals surface area contributed by atoms with Crippen LogP contribution in [0.5, 0.6) is 0 Å². The van der Waals surface area contributed by atoms with Gasteiger partial charge >= 0.3 is 21.5 Å². The molecule has 3 saturated heterocycles. The highest BCUT2D eigenvalue weighted by Crippen LogP contribution is 2.48. The third-order valence-corrected chi connectivity index (χ3v) is 6.04. The van der Waals surface area contributed by atoms with Crippen LogP contribution in [-0.4, -0.2) is 45.6 Å². The molecule has 0 N–H and O–H groups in total. The SMILES string of the molecule is CC12COC(CC3CCCCC=C(OS(=O)(=O)C(F)(F)F)C3(F)F)(OC1)OC2. The summed E-state index contributed by atoms with van der Waals surface area (Å²) in [5, 5.41) is 0. The normalized spacial score (nSPS) is 36.4. The van der Waals surface area contributed by atoms with Gasteiger partial charge in [0.25, 0.3) is 5.97 Å². The Labute approximate surface area is 159 Å². The highest BCUT2D eigenvalue weighted by atomic mass is 32.2. The Bertz CT molecular complexity index is 708. The lowest BCUT2D eigenvalue weighted by Crippen LogP contribution is -2.60. The minimum absolute atomic E-state index is 0.0297. The Morgan fingerprint density at radius 3 is 2.25 bits per heavy atom. The Kier molecular flexibility index (Phi) is 5.48. The molecule has 3 aliphatic heterocycles. The Morgan fingerprint density at radius 2 is 1.71 bits per heavy atom. The van der Waals surface area contributed by atoms with E-state index >= 15 is 8.78 Å². The predicted octanol–water partition coefficient (Wildman–Crippen LogP) is 3.69. The van der Waals surface area contributed by atoms with Gasteiger partial charge in [0.05, 0.1) is 19.8 Å². The van der Waals surface area contributed by atoms with E-state index in [9.17, 15) is 21.6 Å². The van der Waals surface area contributed by atoms with Gasteiger partial charge in [-0.25, -0.2) is 0 Å². The summed E-state index contributed by atoms with van der Waals surface area (Å²) in [6, 6.07) is 0. The maximum atomic E-state index is 15.1. The van der Waals surface area contributed by atoms with E-state index < -0.39 is 45.6 Å². The number of halogens is 5. The first-order valence-corrected chi connectivity index (χ1v) is 10.2. The van der Waals surface area contributed by atoms with E-state index in [4.69, 9.17) is 14.2 Å². The first-order valence-electron chi connectivity index (χ1n) is 8.80. The summed E-state index contributed by atoms with van der Waals surface area (Å²) in [5.74, 6) is -8.83. The number of ether oxygens (including phenoxy) is 3. The lowest BCUT2D eigenvalue weighted by atomic mass is 9.85. The average molecular weight is 436 g/mol. The van der Waals surface area contributed by atoms with Gasteiger partial charge in [-0.15, -0.1) is 0 Å². The summed E-state index contributed by atoms with van der Waals surface area (Å²) in [6.07, 6.45) is 0.868. The fourth-order valence-electron chi connectivity index (χ4n) is 3.35. The van der Waals surface area contributed by atoms with E-state index in [-0.39, 0.29) is 38.1 Å². The summed E-state index contributed by atoms with van der Waals surface area (Å²) >= 11 is 0. The van der Waals surface area contributed by atoms with E-state index in [1.807, 2.05) is 6.92 Å². The number of fused-ring (bicyclic) bond motifs is 3. The maximum Gasteiger partial charge on any atom is 0.534 e. The Hall–Kier alpha value is -0.980. The van der Waals surface area contributed by atoms with Gasteiger partial charge in [0.1, 0.15) is 0 Å². The highest BCUT2D eigenvalue weighted by Gasteiger charge is 2.58. The predicted molar refractivity (Wildman–Crippen MR) is 84.4 cm³/mol. The molecular formula is C16H21F5O6S. The first-order chi connectivity index (χ1) is 12.8. The highest BCUT2D eigenvalue weighted by molar-refractivity contribution is 7.87. The van der Waals surface area contributed by atoms with Gasteiger partial charge in [0.15, 0.2) is 5.76 Å². The van der Waals surface area contributed by atoms with Crippen LogP contribution in [0.25, 0.3) is 0 Å². The van der Waals surface area contributed by atoms with Crippen molar-refractivity contribution < 1.29 is 48.8 Å². The summed E-state index contributed by atoms with van der Waals surface area (Å²) in [4.78, 5) is 0. The Morgan fingerprint density at radius 1 is 1.14 bits per heavy atom. The molecule has 0 amide bonds. The molecule has 3 heterocycles. The summed E-state index contributed by atoms with van der Waals surface area (Å²) in [7, 11) is -6.22. The second kappa shape index (κ2) is 7.06. The molecular weight excluding hydrogens is 415 g/mol. The molecule has 0 aromatic rings. The minimum Gasteiger partial charge on any atom is -0.374 e. The molecule has 0 radical (unpaired) electrons. The molecule has 12 heteroatoms. The molecule has 162 valence electrons. The molecule has 0 aromatic carbocycles. The van der Waals surface area contributed by atoms with Crippen LogP contribution in [0.1, 0.15) is 39.0 Å². The number of rotatable bonds is 4. The number of allylic oxidation sites excluding steroid dienone is 2. The van der Waals surface area contributed by atoms with Crippen LogP contribution in [0, 0.1) is 11.3 Å². The van der Waals surface area contributed by atoms with E-state index in [0.717, 1.165) is 0 Å². The van der Waals surface area contributed by atoms with Crippen molar-refractivity contribution in [3.05, 3.63) is 11.8 Å². The van der Waals surface area contributed by atoms with E-state index in [1.54, 1.807) is 0 Å². The standard InChI is InChI=1S/C16H21F5O6S/c1-13-8-24-14(25-9-13,26-10-13)7-11-5-3-2-4-6-12(15(11,17)18)27-28(22,23)16(19,20)21/h6,11H,2-5,7-10H2,1H3. The smallest absolute Gasteiger partial charge is 0.374 e. The van der Waals surface area contributed by atoms with Crippen LogP contribution in [0.15, 0.2) is 11.8 Å². The molecule has 28 heavy (non-hydrogen) atoms. The van der Waals surface area contributed by atoms with E-state index in [2.05, 4.69) is 4.18 Å². The fourth-order valence-corrected chi connectivity index (χ4v) is 3.86. The van der Waals surface area contributed by atoms with Crippen molar-refractivity contribution in [1.82, 2.24) is 0 Å². The number of alkyl halides is 5. The van der Waals surface area contributed by atoms with Crippen molar-refractivity contribution in [3.63, 3.8) is 0 Å². The van der Waals surface area contributed by atoms with Gasteiger partial charge in [0.2, 0.25) is 0 Å². The molecule has 6 nitrogen and oxygen atoms in total. The summed E-state index contributed by atoms with van der Waals surface area (Å²) in [5.41, 5.74) is -6.20. The van der Waals surface area contributed by atoms with Crippen molar-refractivity contribution in [2.24, 2.45) is 11.3 Å². The zero-order valence-corrected chi connectivity index (χ0v) is 15.9. The molecule has 0 aromatic heterocycles. The second-order valence-electron chi connectivity index (χ2n) is 7.72. The van der Waals surface area contributed by atoms with Crippen molar-refractivity contribution in [3.8, 4) is 0 Å². The second-order valence-corrected chi connectivity index (χ2v) is 9.26. The van der Waals surface area contributed by atoms with Crippen LogP contribution in [0.4, 0.5) is 22.0 Å². The van der Waals surface area contributed by atoms with Crippen LogP contribution in [-0.2, 0) is 28.5 Å². The molecule has 0 spiro atoms. The van der Waals surface area contributed by atoms with Crippen molar-refractivity contribution >= 4 is 10.1 Å². The zero-order valence-electron chi connectivity index (χ0n) is 15.1. The zero-order chi connectivity index (χ0) is 20.8. The largest absolute Gasteiger partial charge is 0.534 e. The molecule has 4 aliphatic rings. The Balaban J connectivity index is 1.83. The summed E-state index contributed by atoms with van der Waals surface area (Å²) in [6.45, 7) is 2.53. The average Bonchev–Trinajstić information content (AvgIpc) is 2.59. The van der Waals surface area contributed by atoms with Crippen molar-refractivity contribution in [1.29, 1.82) is 0 Å². The van der Waals surface area contributed by atoms with Crippen LogP contribution in [0.3, 0.4) is 0 Å². The van der Waals surface area contributed by atoms with Crippen molar-refractivity contribution in [2.45, 2.75) is 56.4 Å². The molecule has 1 unspecified atom stereocenters. The van der Waals surface area contributed by atoms with Crippen LogP contribution in [0.2, 0.25) is 0 Å². The summed E-state index contributed by atoms with van der Waals surface area (Å²) < 4.78 is 111. The van der Waals surface area contributed by atoms with Crippen LogP contribution < -0.4 is 0 Å². The molecule has 2 bridgehead atoms. The monoisotopic (exact) mass is 436 g/mol. The first kappa shape index (κ1) is 21.7. The molecule has 3 fully saturated rings. The molecule has 1 aliphatic carbocycles. The number of hydrogen-bond donors (Lipinski definition) is 0. The topological polar surface area (TPSA) is 71.1 Å². The van der Waals surface area contributed by atoms with E-state index in [1.165, 1.54) is 0 Å². The molecule has 4 rings (SSSR count). The van der Waals surface area contributed by atoms with Gasteiger partial charge in [-0.3, -0.25) is 0 Å². The number of hydrogen-bond acceptors (Lipinski definition) is 6. The fraction of sp³-hybridized carbons (Fsp3) is 0.875. The van der Waals surface area contributed by atoms with Gasteiger partial charge < -0.3 is 18.4 Å². The van der Waals surface area contributed by atoms with Gasteiger partial charge in [0, 0.05) is 17.8 Å². The maximum absolute atomic E-state index is 15.1. The van der Waals surface area contributed by atoms with Gasteiger partial charge in [-0.1, -0.05) is 13.3 Å². The van der Waals surface area contributed by atoms with Gasteiger partial charge in [-0.05, 0) is 25.3 Å². The third-order valence-electron chi connectivity index (χ3n) is 5.08. The molecule has 0 saturated carbocycles. The van der Waals surface area contributed by atoms with Gasteiger partial charge in [-0.2, -0.15) is 30.4 Å². The molecule has 1 atom stereocenters. The quantitative estimate of drug-likeness (QED) is 0.380. The van der Waals surface area contributed by atoms with Crippen LogP contribution >= 0.6 is 0 Å². The van der Waals surface area contributed by atoms with Crippen molar-refractivity contribution in [2.75, 3.05) is 19.8 Å². The lowest BCUT2D eigenvalue weighted by molar-refractivity contribution is -0.472. The van der Waals surface area contributed by atoms with E-state index in [0.29, 0.717) is 18.9 Å².